The Morgan fingerprint density at radius 1 is 1.19 bits per heavy atom. The Labute approximate surface area is 103 Å². The Kier molecular flexibility index (Phi) is 3.51. The predicted molar refractivity (Wildman–Crippen MR) is 65.2 cm³/mol. The van der Waals surface area contributed by atoms with Crippen LogP contribution >= 0.6 is 15.9 Å². The van der Waals surface area contributed by atoms with Gasteiger partial charge < -0.3 is 4.74 Å². The molecule has 1 unspecified atom stereocenters. The van der Waals surface area contributed by atoms with Gasteiger partial charge in [0, 0.05) is 6.07 Å². The lowest BCUT2D eigenvalue weighted by atomic mass is 10.1. The van der Waals surface area contributed by atoms with Crippen LogP contribution in [-0.4, -0.2) is 9.97 Å². The van der Waals surface area contributed by atoms with Gasteiger partial charge in [-0.2, -0.15) is 0 Å². The molecule has 1 atom stereocenters. The van der Waals surface area contributed by atoms with Gasteiger partial charge in [-0.3, -0.25) is 0 Å². The molecule has 3 nitrogen and oxygen atoms in total. The van der Waals surface area contributed by atoms with Crippen molar-refractivity contribution in [2.45, 2.75) is 13.0 Å². The van der Waals surface area contributed by atoms with Gasteiger partial charge >= 0.3 is 0 Å². The van der Waals surface area contributed by atoms with Crippen LogP contribution in [0.5, 0.6) is 5.88 Å². The molecule has 0 radical (unpaired) electrons. The fourth-order valence-corrected chi connectivity index (χ4v) is 1.64. The van der Waals surface area contributed by atoms with Crippen LogP contribution in [0.3, 0.4) is 0 Å². The maximum atomic E-state index is 5.70. The summed E-state index contributed by atoms with van der Waals surface area (Å²) in [7, 11) is 0. The van der Waals surface area contributed by atoms with Gasteiger partial charge in [0.2, 0.25) is 5.88 Å². The van der Waals surface area contributed by atoms with E-state index in [4.69, 9.17) is 4.74 Å². The molecule has 0 aliphatic rings. The summed E-state index contributed by atoms with van der Waals surface area (Å²) in [5.74, 6) is 0.568. The van der Waals surface area contributed by atoms with E-state index in [1.54, 1.807) is 6.07 Å². The first-order valence-corrected chi connectivity index (χ1v) is 5.74. The van der Waals surface area contributed by atoms with Crippen LogP contribution in [0.4, 0.5) is 0 Å². The molecule has 0 aliphatic carbocycles. The molecule has 0 amide bonds. The average molecular weight is 279 g/mol. The molecule has 1 heterocycles. The Hall–Kier alpha value is -1.42. The Morgan fingerprint density at radius 2 is 1.94 bits per heavy atom. The van der Waals surface area contributed by atoms with Gasteiger partial charge in [-0.25, -0.2) is 9.97 Å². The number of hydrogen-bond acceptors (Lipinski definition) is 3. The fraction of sp³-hybridized carbons (Fsp3) is 0.167. The maximum absolute atomic E-state index is 5.70. The molecule has 0 saturated heterocycles. The van der Waals surface area contributed by atoms with E-state index >= 15 is 0 Å². The summed E-state index contributed by atoms with van der Waals surface area (Å²) in [6.07, 6.45) is 1.44. The zero-order valence-corrected chi connectivity index (χ0v) is 10.4. The quantitative estimate of drug-likeness (QED) is 0.808. The van der Waals surface area contributed by atoms with Gasteiger partial charge in [0.05, 0.1) is 0 Å². The van der Waals surface area contributed by atoms with Gasteiger partial charge in [0.25, 0.3) is 0 Å². The number of benzene rings is 1. The third-order valence-corrected chi connectivity index (χ3v) is 2.61. The van der Waals surface area contributed by atoms with Crippen molar-refractivity contribution in [1.29, 1.82) is 0 Å². The molecule has 1 aromatic carbocycles. The van der Waals surface area contributed by atoms with Crippen molar-refractivity contribution in [3.05, 3.63) is 52.9 Å². The van der Waals surface area contributed by atoms with Gasteiger partial charge in [-0.1, -0.05) is 30.3 Å². The molecule has 1 aromatic heterocycles. The first kappa shape index (κ1) is 11.1. The van der Waals surface area contributed by atoms with Crippen LogP contribution in [0, 0.1) is 0 Å². The molecule has 0 saturated carbocycles. The molecule has 0 N–H and O–H groups in total. The summed E-state index contributed by atoms with van der Waals surface area (Å²) in [5, 5.41) is 0. The van der Waals surface area contributed by atoms with Crippen LogP contribution in [-0.2, 0) is 0 Å². The average Bonchev–Trinajstić information content (AvgIpc) is 2.30. The van der Waals surface area contributed by atoms with Crippen LogP contribution < -0.4 is 4.74 Å². The smallest absolute Gasteiger partial charge is 0.218 e. The second-order valence-electron chi connectivity index (χ2n) is 3.35. The lowest BCUT2D eigenvalue weighted by molar-refractivity contribution is 0.217. The number of nitrogens with zero attached hydrogens (tertiary/aromatic N) is 2. The van der Waals surface area contributed by atoms with E-state index in [1.165, 1.54) is 6.33 Å². The van der Waals surface area contributed by atoms with Crippen LogP contribution in [0.25, 0.3) is 0 Å². The van der Waals surface area contributed by atoms with E-state index in [0.717, 1.165) is 10.2 Å². The van der Waals surface area contributed by atoms with Crippen molar-refractivity contribution >= 4 is 15.9 Å². The molecule has 0 spiro atoms. The zero-order chi connectivity index (χ0) is 11.4. The van der Waals surface area contributed by atoms with Crippen molar-refractivity contribution in [2.75, 3.05) is 0 Å². The summed E-state index contributed by atoms with van der Waals surface area (Å²) in [6, 6.07) is 11.8. The molecule has 2 rings (SSSR count). The van der Waals surface area contributed by atoms with Crippen molar-refractivity contribution < 1.29 is 4.74 Å². The molecule has 2 aromatic rings. The molecule has 16 heavy (non-hydrogen) atoms. The highest BCUT2D eigenvalue weighted by Gasteiger charge is 2.07. The minimum atomic E-state index is -0.0250. The van der Waals surface area contributed by atoms with Crippen molar-refractivity contribution in [3.63, 3.8) is 0 Å². The number of hydrogen-bond donors (Lipinski definition) is 0. The first-order chi connectivity index (χ1) is 7.75. The van der Waals surface area contributed by atoms with Crippen LogP contribution in [0.1, 0.15) is 18.6 Å². The van der Waals surface area contributed by atoms with Gasteiger partial charge in [-0.05, 0) is 28.4 Å². The highest BCUT2D eigenvalue weighted by Crippen LogP contribution is 2.20. The molecular formula is C12H11BrN2O. The van der Waals surface area contributed by atoms with E-state index in [1.807, 2.05) is 37.3 Å². The van der Waals surface area contributed by atoms with Crippen LogP contribution in [0.2, 0.25) is 0 Å². The molecule has 4 heteroatoms. The minimum Gasteiger partial charge on any atom is -0.470 e. The Morgan fingerprint density at radius 3 is 2.62 bits per heavy atom. The highest BCUT2D eigenvalue weighted by atomic mass is 79.9. The third kappa shape index (κ3) is 2.79. The number of rotatable bonds is 3. The zero-order valence-electron chi connectivity index (χ0n) is 8.80. The number of halogens is 1. The first-order valence-electron chi connectivity index (χ1n) is 4.95. The predicted octanol–water partition coefficient (Wildman–Crippen LogP) is 3.38. The second kappa shape index (κ2) is 5.07. The standard InChI is InChI=1S/C12H11BrN2O/c1-9(10-5-3-2-4-6-10)16-12-7-11(13)14-8-15-12/h2-9H,1H3. The molecular weight excluding hydrogens is 268 g/mol. The largest absolute Gasteiger partial charge is 0.470 e. The van der Waals surface area contributed by atoms with Crippen molar-refractivity contribution in [1.82, 2.24) is 9.97 Å². The SMILES string of the molecule is CC(Oc1cc(Br)ncn1)c1ccccc1. The summed E-state index contributed by atoms with van der Waals surface area (Å²) in [5.41, 5.74) is 1.12. The van der Waals surface area contributed by atoms with E-state index in [9.17, 15) is 0 Å². The number of ether oxygens (including phenoxy) is 1. The summed E-state index contributed by atoms with van der Waals surface area (Å²) in [6.45, 7) is 1.99. The third-order valence-electron chi connectivity index (χ3n) is 2.18. The molecule has 82 valence electrons. The monoisotopic (exact) mass is 278 g/mol. The van der Waals surface area contributed by atoms with Gasteiger partial charge in [-0.15, -0.1) is 0 Å². The molecule has 0 aliphatic heterocycles. The molecule has 0 fully saturated rings. The van der Waals surface area contributed by atoms with Crippen LogP contribution in [0.15, 0.2) is 47.3 Å². The van der Waals surface area contributed by atoms with E-state index in [-0.39, 0.29) is 6.10 Å². The van der Waals surface area contributed by atoms with Crippen molar-refractivity contribution in [3.8, 4) is 5.88 Å². The molecule has 0 bridgehead atoms. The van der Waals surface area contributed by atoms with Crippen molar-refractivity contribution in [2.24, 2.45) is 0 Å². The second-order valence-corrected chi connectivity index (χ2v) is 4.16. The van der Waals surface area contributed by atoms with E-state index in [0.29, 0.717) is 5.88 Å². The van der Waals surface area contributed by atoms with E-state index in [2.05, 4.69) is 25.9 Å². The maximum Gasteiger partial charge on any atom is 0.218 e. The Bertz CT molecular complexity index is 462. The summed E-state index contributed by atoms with van der Waals surface area (Å²) >= 11 is 3.28. The summed E-state index contributed by atoms with van der Waals surface area (Å²) < 4.78 is 6.42. The topological polar surface area (TPSA) is 35.0 Å². The normalized spacial score (nSPS) is 12.1. The lowest BCUT2D eigenvalue weighted by Gasteiger charge is -2.13. The van der Waals surface area contributed by atoms with E-state index < -0.39 is 0 Å². The fourth-order valence-electron chi connectivity index (χ4n) is 1.36. The summed E-state index contributed by atoms with van der Waals surface area (Å²) in [4.78, 5) is 7.99. The lowest BCUT2D eigenvalue weighted by Crippen LogP contribution is -2.04. The Balaban J connectivity index is 2.11. The van der Waals surface area contributed by atoms with Gasteiger partial charge in [0.1, 0.15) is 17.0 Å². The number of aromatic nitrogens is 2. The minimum absolute atomic E-state index is 0.0250. The highest BCUT2D eigenvalue weighted by molar-refractivity contribution is 9.10. The van der Waals surface area contributed by atoms with Gasteiger partial charge in [0.15, 0.2) is 0 Å².